The lowest BCUT2D eigenvalue weighted by molar-refractivity contribution is -0.138. The minimum absolute atomic E-state index is 0.0632. The molecule has 1 fully saturated rings. The summed E-state index contributed by atoms with van der Waals surface area (Å²) in [4.78, 5) is 19.1. The Bertz CT molecular complexity index is 954. The van der Waals surface area contributed by atoms with Crippen LogP contribution in [0, 0.1) is 5.92 Å². The van der Waals surface area contributed by atoms with Gasteiger partial charge in [0.1, 0.15) is 0 Å². The highest BCUT2D eigenvalue weighted by Crippen LogP contribution is 2.27. The van der Waals surface area contributed by atoms with Crippen LogP contribution in [0.15, 0.2) is 60.3 Å². The molecule has 30 heavy (non-hydrogen) atoms. The predicted molar refractivity (Wildman–Crippen MR) is 119 cm³/mol. The van der Waals surface area contributed by atoms with Gasteiger partial charge in [-0.1, -0.05) is 36.4 Å². The molecule has 1 aromatic carbocycles. The molecule has 1 amide bonds. The van der Waals surface area contributed by atoms with Crippen LogP contribution in [-0.4, -0.2) is 48.1 Å². The van der Waals surface area contributed by atoms with Crippen molar-refractivity contribution in [2.24, 2.45) is 5.92 Å². The predicted octanol–water partition coefficient (Wildman–Crippen LogP) is 3.70. The van der Waals surface area contributed by atoms with Crippen LogP contribution in [0.1, 0.15) is 43.9 Å². The molecule has 6 nitrogen and oxygen atoms in total. The number of carbonyl (C=O) groups excluding carboxylic acids is 1. The molecule has 0 spiro atoms. The minimum atomic E-state index is -3.50. The Morgan fingerprint density at radius 3 is 2.50 bits per heavy atom. The number of aromatic nitrogens is 1. The van der Waals surface area contributed by atoms with Gasteiger partial charge in [-0.3, -0.25) is 9.78 Å². The summed E-state index contributed by atoms with van der Waals surface area (Å²) in [6, 6.07) is 13.1. The number of nitrogens with zero attached hydrogens (tertiary/aromatic N) is 3. The highest BCUT2D eigenvalue weighted by Gasteiger charge is 2.33. The third kappa shape index (κ3) is 5.34. The molecule has 1 unspecified atom stereocenters. The molecule has 3 rings (SSSR count). The maximum atomic E-state index is 13.1. The fourth-order valence-corrected chi connectivity index (χ4v) is 5.05. The van der Waals surface area contributed by atoms with Crippen LogP contribution in [0.3, 0.4) is 0 Å². The Morgan fingerprint density at radius 1 is 1.20 bits per heavy atom. The number of amides is 1. The summed E-state index contributed by atoms with van der Waals surface area (Å²) in [5.41, 5.74) is 1.84. The molecule has 0 aliphatic carbocycles. The van der Waals surface area contributed by atoms with Crippen LogP contribution in [0.5, 0.6) is 0 Å². The molecular weight excluding hydrogens is 398 g/mol. The average Bonchev–Trinajstić information content (AvgIpc) is 2.79. The molecule has 1 saturated heterocycles. The fourth-order valence-electron chi connectivity index (χ4n) is 3.83. The average molecular weight is 428 g/mol. The number of hydrogen-bond donors (Lipinski definition) is 0. The van der Waals surface area contributed by atoms with Crippen LogP contribution in [0.25, 0.3) is 6.08 Å². The second-order valence-corrected chi connectivity index (χ2v) is 9.34. The van der Waals surface area contributed by atoms with Gasteiger partial charge in [0.15, 0.2) is 0 Å². The molecule has 2 aromatic rings. The molecule has 0 radical (unpaired) electrons. The van der Waals surface area contributed by atoms with Gasteiger partial charge in [-0.05, 0) is 50.0 Å². The molecule has 7 heteroatoms. The van der Waals surface area contributed by atoms with Gasteiger partial charge < -0.3 is 4.90 Å². The summed E-state index contributed by atoms with van der Waals surface area (Å²) >= 11 is 0. The Labute approximate surface area is 179 Å². The van der Waals surface area contributed by atoms with Crippen molar-refractivity contribution in [3.05, 3.63) is 71.4 Å². The number of pyridine rings is 1. The Balaban J connectivity index is 1.61. The van der Waals surface area contributed by atoms with Gasteiger partial charge in [-0.2, -0.15) is 4.31 Å². The lowest BCUT2D eigenvalue weighted by atomic mass is 9.95. The van der Waals surface area contributed by atoms with Crippen molar-refractivity contribution in [3.8, 4) is 0 Å². The third-order valence-electron chi connectivity index (χ3n) is 5.65. The largest absolute Gasteiger partial charge is 0.336 e. The van der Waals surface area contributed by atoms with Crippen molar-refractivity contribution in [1.29, 1.82) is 0 Å². The van der Waals surface area contributed by atoms with Gasteiger partial charge >= 0.3 is 0 Å². The molecule has 160 valence electrons. The first-order valence-electron chi connectivity index (χ1n) is 10.4. The molecule has 1 aliphatic rings. The van der Waals surface area contributed by atoms with E-state index in [1.165, 1.54) is 9.71 Å². The quantitative estimate of drug-likeness (QED) is 0.675. The third-order valence-corrected chi connectivity index (χ3v) is 7.22. The number of hydrogen-bond acceptors (Lipinski definition) is 4. The fraction of sp³-hybridized carbons (Fsp3) is 0.391. The number of rotatable bonds is 7. The Morgan fingerprint density at radius 2 is 1.90 bits per heavy atom. The molecule has 2 heterocycles. The number of carbonyl (C=O) groups is 1. The van der Waals surface area contributed by atoms with Gasteiger partial charge in [0.2, 0.25) is 15.9 Å². The number of piperidine rings is 1. The number of benzene rings is 1. The van der Waals surface area contributed by atoms with E-state index in [2.05, 4.69) is 4.98 Å². The normalized spacial score (nSPS) is 17.1. The van der Waals surface area contributed by atoms with Crippen LogP contribution >= 0.6 is 0 Å². The zero-order chi connectivity index (χ0) is 21.6. The Hall–Kier alpha value is -2.51. The molecule has 1 atom stereocenters. The van der Waals surface area contributed by atoms with Gasteiger partial charge in [-0.15, -0.1) is 0 Å². The maximum absolute atomic E-state index is 13.1. The van der Waals surface area contributed by atoms with Gasteiger partial charge in [-0.25, -0.2) is 8.42 Å². The van der Waals surface area contributed by atoms with Gasteiger partial charge in [0, 0.05) is 43.4 Å². The minimum Gasteiger partial charge on any atom is -0.336 e. The van der Waals surface area contributed by atoms with E-state index in [-0.39, 0.29) is 17.9 Å². The molecule has 1 aliphatic heterocycles. The molecule has 0 N–H and O–H groups in total. The van der Waals surface area contributed by atoms with Crippen LogP contribution in [0.4, 0.5) is 0 Å². The van der Waals surface area contributed by atoms with Crippen molar-refractivity contribution in [2.75, 3.05) is 19.6 Å². The van der Waals surface area contributed by atoms with Crippen LogP contribution in [0.2, 0.25) is 0 Å². The first-order chi connectivity index (χ1) is 14.4. The summed E-state index contributed by atoms with van der Waals surface area (Å²) in [6.45, 7) is 5.30. The summed E-state index contributed by atoms with van der Waals surface area (Å²) < 4.78 is 26.8. The lowest BCUT2D eigenvalue weighted by Crippen LogP contribution is -2.44. The van der Waals surface area contributed by atoms with E-state index in [4.69, 9.17) is 0 Å². The van der Waals surface area contributed by atoms with Crippen LogP contribution < -0.4 is 0 Å². The second kappa shape index (κ2) is 10.00. The molecular formula is C23H29N3O3S. The zero-order valence-electron chi connectivity index (χ0n) is 17.5. The second-order valence-electron chi connectivity index (χ2n) is 7.52. The molecule has 0 saturated carbocycles. The van der Waals surface area contributed by atoms with Gasteiger partial charge in [0.05, 0.1) is 6.04 Å². The first kappa shape index (κ1) is 22.2. The van der Waals surface area contributed by atoms with Crippen LogP contribution in [-0.2, 0) is 14.8 Å². The molecule has 0 bridgehead atoms. The van der Waals surface area contributed by atoms with E-state index in [1.54, 1.807) is 18.5 Å². The van der Waals surface area contributed by atoms with E-state index >= 15 is 0 Å². The van der Waals surface area contributed by atoms with E-state index in [9.17, 15) is 13.2 Å². The Kier molecular flexibility index (Phi) is 7.39. The first-order valence-corrected chi connectivity index (χ1v) is 11.9. The van der Waals surface area contributed by atoms with Crippen molar-refractivity contribution in [3.63, 3.8) is 0 Å². The van der Waals surface area contributed by atoms with E-state index < -0.39 is 10.0 Å². The van der Waals surface area contributed by atoms with E-state index in [1.807, 2.05) is 61.2 Å². The smallest absolute Gasteiger partial charge is 0.236 e. The molecule has 1 aromatic heterocycles. The van der Waals surface area contributed by atoms with Crippen molar-refractivity contribution < 1.29 is 13.2 Å². The van der Waals surface area contributed by atoms with Crippen molar-refractivity contribution in [2.45, 2.75) is 32.7 Å². The maximum Gasteiger partial charge on any atom is 0.236 e. The zero-order valence-corrected chi connectivity index (χ0v) is 18.3. The van der Waals surface area contributed by atoms with Crippen molar-refractivity contribution in [1.82, 2.24) is 14.2 Å². The van der Waals surface area contributed by atoms with E-state index in [0.29, 0.717) is 32.5 Å². The highest BCUT2D eigenvalue weighted by atomic mass is 32.2. The summed E-state index contributed by atoms with van der Waals surface area (Å²) in [5, 5.41) is 1.26. The SMILES string of the molecule is CCN(C(=O)C1CCN(S(=O)(=O)/C=C/c2ccccc2)CC1)C(C)c1cccnc1. The highest BCUT2D eigenvalue weighted by molar-refractivity contribution is 7.92. The topological polar surface area (TPSA) is 70.6 Å². The van der Waals surface area contributed by atoms with Crippen molar-refractivity contribution >= 4 is 22.0 Å². The van der Waals surface area contributed by atoms with E-state index in [0.717, 1.165) is 11.1 Å². The monoisotopic (exact) mass is 427 g/mol. The summed E-state index contributed by atoms with van der Waals surface area (Å²) in [6.07, 6.45) is 6.19. The number of sulfonamides is 1. The standard InChI is InChI=1S/C23H29N3O3S/c1-3-26(19(2)22-10-7-14-24-18-22)23(27)21-11-15-25(16-12-21)30(28,29)17-13-20-8-5-4-6-9-20/h4-10,13-14,17-19,21H,3,11-12,15-16H2,1-2H3/b17-13+. The van der Waals surface area contributed by atoms with Gasteiger partial charge in [0.25, 0.3) is 0 Å². The summed E-state index contributed by atoms with van der Waals surface area (Å²) in [7, 11) is -3.50. The lowest BCUT2D eigenvalue weighted by Gasteiger charge is -2.35. The summed E-state index contributed by atoms with van der Waals surface area (Å²) in [5.74, 6) is -0.0700.